The summed E-state index contributed by atoms with van der Waals surface area (Å²) in [5.74, 6) is -0.826. The van der Waals surface area contributed by atoms with E-state index in [1.807, 2.05) is 17.5 Å². The van der Waals surface area contributed by atoms with Gasteiger partial charge in [0.25, 0.3) is 5.91 Å². The molecule has 7 nitrogen and oxygen atoms in total. The molecule has 0 unspecified atom stereocenters. The summed E-state index contributed by atoms with van der Waals surface area (Å²) in [5.41, 5.74) is 2.78. The monoisotopic (exact) mass is 480 g/mol. The molecule has 1 fully saturated rings. The van der Waals surface area contributed by atoms with Gasteiger partial charge in [-0.3, -0.25) is 9.59 Å². The molecule has 2 aliphatic rings. The Morgan fingerprint density at radius 2 is 2.09 bits per heavy atom. The molecule has 0 saturated carbocycles. The summed E-state index contributed by atoms with van der Waals surface area (Å²) in [5, 5.41) is 7.68. The second kappa shape index (κ2) is 9.15. The Morgan fingerprint density at radius 3 is 2.88 bits per heavy atom. The number of alkyl halides is 1. The maximum atomic E-state index is 14.7. The van der Waals surface area contributed by atoms with Crippen LogP contribution in [-0.2, 0) is 21.8 Å². The minimum absolute atomic E-state index is 0.0498. The van der Waals surface area contributed by atoms with Crippen LogP contribution in [0.2, 0.25) is 0 Å². The number of carbonyl (C=O) groups excluding carboxylic acids is 2. The van der Waals surface area contributed by atoms with Crippen molar-refractivity contribution in [3.8, 4) is 11.3 Å². The molecule has 1 aromatic heterocycles. The number of nitrogens with zero attached hydrogens (tertiary/aromatic N) is 2. The highest BCUT2D eigenvalue weighted by molar-refractivity contribution is 7.14. The van der Waals surface area contributed by atoms with Gasteiger partial charge in [0.15, 0.2) is 10.8 Å². The summed E-state index contributed by atoms with van der Waals surface area (Å²) < 4.78 is 20.0. The van der Waals surface area contributed by atoms with Crippen LogP contribution in [0.1, 0.15) is 34.8 Å². The number of hydrogen-bond donors (Lipinski definition) is 2. The summed E-state index contributed by atoms with van der Waals surface area (Å²) in [7, 11) is 0. The van der Waals surface area contributed by atoms with Crippen molar-refractivity contribution in [2.45, 2.75) is 25.6 Å². The lowest BCUT2D eigenvalue weighted by Gasteiger charge is -2.33. The van der Waals surface area contributed by atoms with E-state index in [0.29, 0.717) is 22.9 Å². The Morgan fingerprint density at radius 1 is 1.24 bits per heavy atom. The molecule has 34 heavy (non-hydrogen) atoms. The third-order valence-electron chi connectivity index (χ3n) is 6.09. The van der Waals surface area contributed by atoms with Crippen LogP contribution in [-0.4, -0.2) is 43.0 Å². The first-order chi connectivity index (χ1) is 16.4. The lowest BCUT2D eigenvalue weighted by molar-refractivity contribution is -0.115. The van der Waals surface area contributed by atoms with E-state index < -0.39 is 11.6 Å². The Balaban J connectivity index is 1.18. The van der Waals surface area contributed by atoms with E-state index >= 15 is 0 Å². The number of halogens is 1. The number of anilines is 2. The maximum Gasteiger partial charge on any atom is 0.251 e. The number of benzene rings is 2. The van der Waals surface area contributed by atoms with Crippen LogP contribution in [0.25, 0.3) is 11.3 Å². The lowest BCUT2D eigenvalue weighted by atomic mass is 9.90. The fraction of sp³-hybridized carbons (Fsp3) is 0.320. The van der Waals surface area contributed by atoms with Gasteiger partial charge in [-0.25, -0.2) is 9.37 Å². The molecule has 3 aromatic rings. The quantitative estimate of drug-likeness (QED) is 0.555. The Hall–Kier alpha value is -3.30. The molecule has 0 spiro atoms. The summed E-state index contributed by atoms with van der Waals surface area (Å²) in [6.07, 6.45) is 1.21. The molecule has 176 valence electrons. The van der Waals surface area contributed by atoms with Gasteiger partial charge in [0, 0.05) is 35.3 Å². The van der Waals surface area contributed by atoms with Crippen molar-refractivity contribution in [1.29, 1.82) is 0 Å². The Labute approximate surface area is 201 Å². The van der Waals surface area contributed by atoms with Crippen LogP contribution in [0.15, 0.2) is 47.8 Å². The van der Waals surface area contributed by atoms with Gasteiger partial charge in [-0.1, -0.05) is 18.2 Å². The number of carbonyl (C=O) groups is 2. The van der Waals surface area contributed by atoms with Crippen LogP contribution >= 0.6 is 11.3 Å². The molecular weight excluding hydrogens is 455 g/mol. The number of nitrogens with one attached hydrogen (secondary N) is 2. The molecule has 3 heterocycles. The SMILES string of the molecule is C[C@@]1(F)COCc2ccc(C(=O)NCC(=O)Nc3nc(-c4cccc(N5CCC5)c4)cs3)cc21. The van der Waals surface area contributed by atoms with Crippen molar-refractivity contribution in [2.75, 3.05) is 36.5 Å². The largest absolute Gasteiger partial charge is 0.373 e. The van der Waals surface area contributed by atoms with Crippen molar-refractivity contribution < 1.29 is 18.7 Å². The second-order valence-corrected chi connectivity index (χ2v) is 9.58. The minimum atomic E-state index is -1.65. The standard InChI is InChI=1S/C25H25FN4O3S/c1-25(26)15-33-13-18-7-6-17(11-20(18)25)23(32)27-12-22(31)29-24-28-21(14-34-24)16-4-2-5-19(10-16)30-8-3-9-30/h2,4-7,10-11,14H,3,8-9,12-13,15H2,1H3,(H,27,32)(H,28,29,31)/t25-/m1/s1. The molecule has 0 bridgehead atoms. The highest BCUT2D eigenvalue weighted by atomic mass is 32.1. The number of fused-ring (bicyclic) bond motifs is 1. The van der Waals surface area contributed by atoms with Crippen LogP contribution in [0.3, 0.4) is 0 Å². The molecule has 2 aliphatic heterocycles. The number of ether oxygens (including phenoxy) is 1. The van der Waals surface area contributed by atoms with E-state index in [4.69, 9.17) is 4.74 Å². The average molecular weight is 481 g/mol. The predicted molar refractivity (Wildman–Crippen MR) is 130 cm³/mol. The number of amides is 2. The molecule has 2 amide bonds. The predicted octanol–water partition coefficient (Wildman–Crippen LogP) is 4.10. The van der Waals surface area contributed by atoms with Crippen molar-refractivity contribution in [2.24, 2.45) is 0 Å². The molecule has 2 aromatic carbocycles. The van der Waals surface area contributed by atoms with Gasteiger partial charge in [0.05, 0.1) is 25.5 Å². The van der Waals surface area contributed by atoms with Crippen LogP contribution in [0.5, 0.6) is 0 Å². The first-order valence-corrected chi connectivity index (χ1v) is 12.1. The maximum absolute atomic E-state index is 14.7. The van der Waals surface area contributed by atoms with Gasteiger partial charge in [0.1, 0.15) is 0 Å². The number of aromatic nitrogens is 1. The van der Waals surface area contributed by atoms with E-state index in [9.17, 15) is 14.0 Å². The average Bonchev–Trinajstić information content (AvgIpc) is 3.25. The molecule has 1 atom stereocenters. The van der Waals surface area contributed by atoms with E-state index in [1.165, 1.54) is 36.4 Å². The first kappa shape index (κ1) is 22.5. The highest BCUT2D eigenvalue weighted by Gasteiger charge is 2.33. The highest BCUT2D eigenvalue weighted by Crippen LogP contribution is 2.34. The van der Waals surface area contributed by atoms with E-state index in [-0.39, 0.29) is 19.1 Å². The normalized spacial score (nSPS) is 19.2. The third-order valence-corrected chi connectivity index (χ3v) is 6.85. The van der Waals surface area contributed by atoms with Gasteiger partial charge >= 0.3 is 0 Å². The van der Waals surface area contributed by atoms with Crippen molar-refractivity contribution in [1.82, 2.24) is 10.3 Å². The zero-order chi connectivity index (χ0) is 23.7. The lowest BCUT2D eigenvalue weighted by Crippen LogP contribution is -2.36. The van der Waals surface area contributed by atoms with Gasteiger partial charge in [-0.05, 0) is 48.7 Å². The fourth-order valence-electron chi connectivity index (χ4n) is 4.09. The molecular formula is C25H25FN4O3S. The summed E-state index contributed by atoms with van der Waals surface area (Å²) in [6.45, 7) is 3.62. The summed E-state index contributed by atoms with van der Waals surface area (Å²) in [6, 6.07) is 13.0. The zero-order valence-electron chi connectivity index (χ0n) is 18.8. The smallest absolute Gasteiger partial charge is 0.251 e. The molecule has 9 heteroatoms. The number of thiazole rings is 1. The molecule has 5 rings (SSSR count). The van der Waals surface area contributed by atoms with Crippen LogP contribution in [0, 0.1) is 0 Å². The Bertz CT molecular complexity index is 1240. The van der Waals surface area contributed by atoms with E-state index in [2.05, 4.69) is 32.7 Å². The van der Waals surface area contributed by atoms with Gasteiger partial charge in [-0.15, -0.1) is 11.3 Å². The van der Waals surface area contributed by atoms with Crippen molar-refractivity contribution >= 4 is 34.0 Å². The van der Waals surface area contributed by atoms with E-state index in [0.717, 1.165) is 29.9 Å². The minimum Gasteiger partial charge on any atom is -0.373 e. The third kappa shape index (κ3) is 4.67. The Kier molecular flexibility index (Phi) is 6.05. The van der Waals surface area contributed by atoms with Crippen molar-refractivity contribution in [3.63, 3.8) is 0 Å². The molecule has 0 aliphatic carbocycles. The van der Waals surface area contributed by atoms with Gasteiger partial charge in [-0.2, -0.15) is 0 Å². The van der Waals surface area contributed by atoms with Crippen LogP contribution in [0.4, 0.5) is 15.2 Å². The fourth-order valence-corrected chi connectivity index (χ4v) is 4.82. The van der Waals surface area contributed by atoms with E-state index in [1.54, 1.807) is 12.1 Å². The first-order valence-electron chi connectivity index (χ1n) is 11.2. The summed E-state index contributed by atoms with van der Waals surface area (Å²) >= 11 is 1.33. The van der Waals surface area contributed by atoms with Gasteiger partial charge in [0.2, 0.25) is 5.91 Å². The molecule has 2 N–H and O–H groups in total. The molecule has 1 saturated heterocycles. The topological polar surface area (TPSA) is 83.6 Å². The van der Waals surface area contributed by atoms with Crippen LogP contribution < -0.4 is 15.5 Å². The summed E-state index contributed by atoms with van der Waals surface area (Å²) in [4.78, 5) is 31.7. The zero-order valence-corrected chi connectivity index (χ0v) is 19.6. The number of hydrogen-bond acceptors (Lipinski definition) is 6. The van der Waals surface area contributed by atoms with Crippen molar-refractivity contribution in [3.05, 3.63) is 64.5 Å². The van der Waals surface area contributed by atoms with Gasteiger partial charge < -0.3 is 20.3 Å². The molecule has 0 radical (unpaired) electrons. The second-order valence-electron chi connectivity index (χ2n) is 8.72. The number of rotatable bonds is 6.